The van der Waals surface area contributed by atoms with Crippen LogP contribution >= 0.6 is 0 Å². The van der Waals surface area contributed by atoms with Crippen molar-refractivity contribution in [3.8, 4) is 0 Å². The molecule has 2 rings (SSSR count). The highest BCUT2D eigenvalue weighted by Crippen LogP contribution is 2.20. The third-order valence-corrected chi connectivity index (χ3v) is 4.22. The minimum absolute atomic E-state index is 0.0360. The highest BCUT2D eigenvalue weighted by atomic mass is 16.6. The first-order valence-electron chi connectivity index (χ1n) is 8.04. The van der Waals surface area contributed by atoms with Gasteiger partial charge in [-0.15, -0.1) is 0 Å². The average molecular weight is 356 g/mol. The van der Waals surface area contributed by atoms with E-state index in [1.54, 1.807) is 14.0 Å². The number of carbonyl (C=O) groups is 2. The van der Waals surface area contributed by atoms with Gasteiger partial charge in [-0.3, -0.25) is 14.9 Å². The van der Waals surface area contributed by atoms with Crippen LogP contribution in [0, 0.1) is 17.0 Å². The normalized spacial score (nSPS) is 11.5. The molecule has 0 heterocycles. The fourth-order valence-corrected chi connectivity index (χ4v) is 2.42. The first-order chi connectivity index (χ1) is 12.3. The van der Waals surface area contributed by atoms with Gasteiger partial charge in [0.15, 0.2) is 6.61 Å². The Hall–Kier alpha value is -3.22. The summed E-state index contributed by atoms with van der Waals surface area (Å²) in [4.78, 5) is 36.2. The lowest BCUT2D eigenvalue weighted by Crippen LogP contribution is -2.33. The number of rotatable bonds is 6. The summed E-state index contributed by atoms with van der Waals surface area (Å²) in [5.74, 6) is -1.14. The number of amides is 1. The number of nitro groups is 1. The van der Waals surface area contributed by atoms with Crippen molar-refractivity contribution >= 4 is 17.6 Å². The highest BCUT2D eigenvalue weighted by molar-refractivity contribution is 5.92. The number of carbonyl (C=O) groups excluding carboxylic acids is 2. The molecule has 0 N–H and O–H groups in total. The summed E-state index contributed by atoms with van der Waals surface area (Å²) in [7, 11) is 1.63. The Morgan fingerprint density at radius 3 is 2.46 bits per heavy atom. The SMILES string of the molecule is Cc1ccc(C(=O)OCC(=O)N(C)C(C)c2ccccc2)cc1[N+](=O)[O-]. The van der Waals surface area contributed by atoms with Crippen molar-refractivity contribution in [2.75, 3.05) is 13.7 Å². The van der Waals surface area contributed by atoms with Crippen LogP contribution in [-0.4, -0.2) is 35.4 Å². The summed E-state index contributed by atoms with van der Waals surface area (Å²) in [6.07, 6.45) is 0. The maximum Gasteiger partial charge on any atom is 0.338 e. The molecule has 0 saturated heterocycles. The summed E-state index contributed by atoms with van der Waals surface area (Å²) < 4.78 is 5.02. The minimum atomic E-state index is -0.776. The van der Waals surface area contributed by atoms with Gasteiger partial charge in [-0.05, 0) is 25.5 Å². The second-order valence-electron chi connectivity index (χ2n) is 5.93. The van der Waals surface area contributed by atoms with Crippen LogP contribution < -0.4 is 0 Å². The number of ether oxygens (including phenoxy) is 1. The number of nitrogens with zero attached hydrogens (tertiary/aromatic N) is 2. The maximum absolute atomic E-state index is 12.3. The Balaban J connectivity index is 1.99. The van der Waals surface area contributed by atoms with Crippen molar-refractivity contribution in [2.24, 2.45) is 0 Å². The molecule has 0 spiro atoms. The zero-order valence-corrected chi connectivity index (χ0v) is 14.8. The Morgan fingerprint density at radius 1 is 1.19 bits per heavy atom. The van der Waals surface area contributed by atoms with Gasteiger partial charge >= 0.3 is 5.97 Å². The molecule has 0 aromatic heterocycles. The molecule has 0 aliphatic carbocycles. The molecule has 0 bridgehead atoms. The molecule has 7 nitrogen and oxygen atoms in total. The van der Waals surface area contributed by atoms with Crippen LogP contribution in [0.1, 0.15) is 34.5 Å². The number of benzene rings is 2. The molecule has 1 unspecified atom stereocenters. The van der Waals surface area contributed by atoms with E-state index in [0.29, 0.717) is 5.56 Å². The lowest BCUT2D eigenvalue weighted by molar-refractivity contribution is -0.385. The molecule has 1 atom stereocenters. The van der Waals surface area contributed by atoms with Gasteiger partial charge in [-0.1, -0.05) is 36.4 Å². The van der Waals surface area contributed by atoms with Crippen LogP contribution in [0.3, 0.4) is 0 Å². The van der Waals surface area contributed by atoms with Crippen molar-refractivity contribution in [1.82, 2.24) is 4.90 Å². The molecule has 2 aromatic carbocycles. The van der Waals surface area contributed by atoms with Crippen molar-refractivity contribution < 1.29 is 19.2 Å². The Bertz CT molecular complexity index is 820. The van der Waals surface area contributed by atoms with Crippen LogP contribution in [0.25, 0.3) is 0 Å². The van der Waals surface area contributed by atoms with E-state index in [4.69, 9.17) is 4.74 Å². The van der Waals surface area contributed by atoms with Crippen LogP contribution in [-0.2, 0) is 9.53 Å². The topological polar surface area (TPSA) is 89.8 Å². The van der Waals surface area contributed by atoms with Gasteiger partial charge in [0, 0.05) is 18.7 Å². The summed E-state index contributed by atoms with van der Waals surface area (Å²) in [6, 6.07) is 13.4. The van der Waals surface area contributed by atoms with Gasteiger partial charge in [-0.25, -0.2) is 4.79 Å². The average Bonchev–Trinajstić information content (AvgIpc) is 2.65. The summed E-state index contributed by atoms with van der Waals surface area (Å²) in [5, 5.41) is 11.0. The number of hydrogen-bond donors (Lipinski definition) is 0. The molecule has 136 valence electrons. The fraction of sp³-hybridized carbons (Fsp3) is 0.263. The van der Waals surface area contributed by atoms with Crippen molar-refractivity contribution in [2.45, 2.75) is 19.9 Å². The molecular formula is C19H20N2O5. The van der Waals surface area contributed by atoms with Crippen molar-refractivity contribution in [3.05, 3.63) is 75.3 Å². The monoisotopic (exact) mass is 356 g/mol. The van der Waals surface area contributed by atoms with E-state index in [2.05, 4.69) is 0 Å². The van der Waals surface area contributed by atoms with E-state index < -0.39 is 17.5 Å². The zero-order valence-electron chi connectivity index (χ0n) is 14.8. The standard InChI is InChI=1S/C19H20N2O5/c1-13-9-10-16(11-17(13)21(24)25)19(23)26-12-18(22)20(3)14(2)15-7-5-4-6-8-15/h4-11,14H,12H2,1-3H3. The first kappa shape index (κ1) is 19.1. The first-order valence-corrected chi connectivity index (χ1v) is 8.04. The second-order valence-corrected chi connectivity index (χ2v) is 5.93. The van der Waals surface area contributed by atoms with Crippen molar-refractivity contribution in [1.29, 1.82) is 0 Å². The van der Waals surface area contributed by atoms with Gasteiger partial charge in [0.2, 0.25) is 0 Å². The summed E-state index contributed by atoms with van der Waals surface area (Å²) in [6.45, 7) is 3.02. The van der Waals surface area contributed by atoms with Crippen LogP contribution in [0.5, 0.6) is 0 Å². The molecule has 1 amide bonds. The van der Waals surface area contributed by atoms with E-state index in [0.717, 1.165) is 11.6 Å². The van der Waals surface area contributed by atoms with E-state index in [1.165, 1.54) is 17.0 Å². The lowest BCUT2D eigenvalue weighted by Gasteiger charge is -2.25. The Kier molecular flexibility index (Phi) is 6.06. The van der Waals surface area contributed by atoms with Crippen LogP contribution in [0.15, 0.2) is 48.5 Å². The predicted molar refractivity (Wildman–Crippen MR) is 95.7 cm³/mol. The number of likely N-dealkylation sites (N-methyl/N-ethyl adjacent to an activating group) is 1. The van der Waals surface area contributed by atoms with Crippen molar-refractivity contribution in [3.63, 3.8) is 0 Å². The molecule has 2 aromatic rings. The minimum Gasteiger partial charge on any atom is -0.452 e. The molecular weight excluding hydrogens is 336 g/mol. The fourth-order valence-electron chi connectivity index (χ4n) is 2.42. The highest BCUT2D eigenvalue weighted by Gasteiger charge is 2.20. The smallest absolute Gasteiger partial charge is 0.338 e. The van der Waals surface area contributed by atoms with Crippen LogP contribution in [0.4, 0.5) is 5.69 Å². The lowest BCUT2D eigenvalue weighted by atomic mass is 10.1. The zero-order chi connectivity index (χ0) is 19.3. The van der Waals surface area contributed by atoms with E-state index >= 15 is 0 Å². The quantitative estimate of drug-likeness (QED) is 0.450. The van der Waals surface area contributed by atoms with Gasteiger partial charge in [-0.2, -0.15) is 0 Å². The number of aryl methyl sites for hydroxylation is 1. The number of hydrogen-bond acceptors (Lipinski definition) is 5. The second kappa shape index (κ2) is 8.24. The summed E-state index contributed by atoms with van der Waals surface area (Å²) >= 11 is 0. The molecule has 0 aliphatic heterocycles. The Morgan fingerprint density at radius 2 is 1.85 bits per heavy atom. The summed E-state index contributed by atoms with van der Waals surface area (Å²) in [5.41, 5.74) is 1.28. The molecule has 0 fully saturated rings. The third kappa shape index (κ3) is 4.44. The van der Waals surface area contributed by atoms with E-state index in [9.17, 15) is 19.7 Å². The van der Waals surface area contributed by atoms with Gasteiger partial charge in [0.1, 0.15) is 0 Å². The van der Waals surface area contributed by atoms with E-state index in [-0.39, 0.29) is 23.2 Å². The molecule has 0 radical (unpaired) electrons. The molecule has 0 saturated carbocycles. The molecule has 0 aliphatic rings. The maximum atomic E-state index is 12.3. The third-order valence-electron chi connectivity index (χ3n) is 4.22. The predicted octanol–water partition coefficient (Wildman–Crippen LogP) is 3.28. The molecule has 7 heteroatoms. The van der Waals surface area contributed by atoms with Gasteiger partial charge < -0.3 is 9.64 Å². The Labute approximate surface area is 151 Å². The molecule has 26 heavy (non-hydrogen) atoms. The number of nitro benzene ring substituents is 1. The number of esters is 1. The van der Waals surface area contributed by atoms with Gasteiger partial charge in [0.25, 0.3) is 11.6 Å². The van der Waals surface area contributed by atoms with Gasteiger partial charge in [0.05, 0.1) is 16.5 Å². The largest absolute Gasteiger partial charge is 0.452 e. The van der Waals surface area contributed by atoms with Crippen LogP contribution in [0.2, 0.25) is 0 Å². The van der Waals surface area contributed by atoms with E-state index in [1.807, 2.05) is 37.3 Å².